The highest BCUT2D eigenvalue weighted by Gasteiger charge is 2.32. The lowest BCUT2D eigenvalue weighted by molar-refractivity contribution is -0.387. The van der Waals surface area contributed by atoms with E-state index in [1.807, 2.05) is 0 Å². The Morgan fingerprint density at radius 1 is 1.19 bits per heavy atom. The third-order valence-corrected chi connectivity index (χ3v) is 5.49. The van der Waals surface area contributed by atoms with Crippen LogP contribution in [0.1, 0.15) is 25.7 Å². The first kappa shape index (κ1) is 15.7. The number of rotatable bonds is 4. The summed E-state index contributed by atoms with van der Waals surface area (Å²) >= 11 is 0. The molecule has 8 heteroatoms. The van der Waals surface area contributed by atoms with Crippen molar-refractivity contribution < 1.29 is 18.1 Å². The summed E-state index contributed by atoms with van der Waals surface area (Å²) < 4.78 is 31.6. The Morgan fingerprint density at radius 2 is 1.81 bits per heavy atom. The van der Waals surface area contributed by atoms with Crippen molar-refractivity contribution in [1.82, 2.24) is 4.31 Å². The molecule has 0 amide bonds. The Balaban J connectivity index is 2.45. The van der Waals surface area contributed by atoms with Gasteiger partial charge in [0.15, 0.2) is 4.90 Å². The zero-order valence-electron chi connectivity index (χ0n) is 11.8. The van der Waals surface area contributed by atoms with Gasteiger partial charge in [-0.25, -0.2) is 8.42 Å². The van der Waals surface area contributed by atoms with Crippen LogP contribution in [0.3, 0.4) is 0 Å². The molecule has 0 aromatic heterocycles. The lowest BCUT2D eigenvalue weighted by atomic mass is 10.2. The summed E-state index contributed by atoms with van der Waals surface area (Å²) in [5, 5.41) is 11.2. The number of sulfonamides is 1. The summed E-state index contributed by atoms with van der Waals surface area (Å²) in [5.74, 6) is 0.261. The third kappa shape index (κ3) is 3.33. The maximum atomic E-state index is 12.6. The Hall–Kier alpha value is -1.67. The molecule has 0 unspecified atom stereocenters. The first-order valence-corrected chi connectivity index (χ1v) is 8.23. The molecule has 0 N–H and O–H groups in total. The van der Waals surface area contributed by atoms with Crippen molar-refractivity contribution in [3.8, 4) is 5.75 Å². The maximum absolute atomic E-state index is 12.6. The van der Waals surface area contributed by atoms with E-state index in [0.29, 0.717) is 13.1 Å². The van der Waals surface area contributed by atoms with Crippen LogP contribution in [0.15, 0.2) is 23.1 Å². The third-order valence-electron chi connectivity index (χ3n) is 3.55. The van der Waals surface area contributed by atoms with E-state index in [4.69, 9.17) is 4.74 Å². The number of nitrogens with zero attached hydrogens (tertiary/aromatic N) is 2. The Bertz CT molecular complexity index is 621. The maximum Gasteiger partial charge on any atom is 0.293 e. The quantitative estimate of drug-likeness (QED) is 0.627. The average Bonchev–Trinajstić information content (AvgIpc) is 2.76. The van der Waals surface area contributed by atoms with E-state index in [9.17, 15) is 18.5 Å². The second-order valence-electron chi connectivity index (χ2n) is 4.91. The lowest BCUT2D eigenvalue weighted by Gasteiger charge is -2.19. The zero-order valence-corrected chi connectivity index (χ0v) is 12.6. The van der Waals surface area contributed by atoms with Crippen LogP contribution >= 0.6 is 0 Å². The van der Waals surface area contributed by atoms with Crippen molar-refractivity contribution in [1.29, 1.82) is 0 Å². The van der Waals surface area contributed by atoms with Crippen molar-refractivity contribution in [2.45, 2.75) is 30.6 Å². The van der Waals surface area contributed by atoms with E-state index in [2.05, 4.69) is 0 Å². The van der Waals surface area contributed by atoms with Gasteiger partial charge in [0, 0.05) is 13.1 Å². The molecule has 21 heavy (non-hydrogen) atoms. The van der Waals surface area contributed by atoms with Gasteiger partial charge in [-0.3, -0.25) is 10.1 Å². The highest BCUT2D eigenvalue weighted by atomic mass is 32.2. The molecule has 0 aliphatic carbocycles. The monoisotopic (exact) mass is 314 g/mol. The summed E-state index contributed by atoms with van der Waals surface area (Å²) in [5.41, 5.74) is -0.446. The van der Waals surface area contributed by atoms with Gasteiger partial charge < -0.3 is 4.74 Å². The molecular weight excluding hydrogens is 296 g/mol. The van der Waals surface area contributed by atoms with Gasteiger partial charge in [0.1, 0.15) is 5.75 Å². The van der Waals surface area contributed by atoms with E-state index in [1.165, 1.54) is 23.5 Å². The molecular formula is C13H18N2O5S. The van der Waals surface area contributed by atoms with Crippen LogP contribution in [0.25, 0.3) is 0 Å². The molecule has 1 aromatic carbocycles. The van der Waals surface area contributed by atoms with Crippen LogP contribution in [0.5, 0.6) is 5.75 Å². The molecule has 1 saturated heterocycles. The van der Waals surface area contributed by atoms with E-state index >= 15 is 0 Å². The van der Waals surface area contributed by atoms with Crippen LogP contribution in [0.2, 0.25) is 0 Å². The van der Waals surface area contributed by atoms with Crippen LogP contribution in [0.4, 0.5) is 5.69 Å². The fraction of sp³-hybridized carbons (Fsp3) is 0.538. The number of benzene rings is 1. The highest BCUT2D eigenvalue weighted by molar-refractivity contribution is 7.89. The summed E-state index contributed by atoms with van der Waals surface area (Å²) in [6.45, 7) is 0.817. The Kier molecular flexibility index (Phi) is 4.79. The number of methoxy groups -OCH3 is 1. The molecule has 1 aromatic rings. The van der Waals surface area contributed by atoms with Gasteiger partial charge in [-0.1, -0.05) is 12.8 Å². The van der Waals surface area contributed by atoms with Gasteiger partial charge in [-0.05, 0) is 25.0 Å². The van der Waals surface area contributed by atoms with E-state index < -0.39 is 20.6 Å². The second kappa shape index (κ2) is 6.40. The second-order valence-corrected chi connectivity index (χ2v) is 6.82. The van der Waals surface area contributed by atoms with E-state index in [0.717, 1.165) is 31.7 Å². The van der Waals surface area contributed by atoms with Gasteiger partial charge in [0.05, 0.1) is 18.1 Å². The first-order chi connectivity index (χ1) is 9.96. The molecule has 2 rings (SSSR count). The van der Waals surface area contributed by atoms with Crippen molar-refractivity contribution >= 4 is 15.7 Å². The highest BCUT2D eigenvalue weighted by Crippen LogP contribution is 2.31. The van der Waals surface area contributed by atoms with E-state index in [-0.39, 0.29) is 10.6 Å². The van der Waals surface area contributed by atoms with Gasteiger partial charge in [0.2, 0.25) is 10.0 Å². The summed E-state index contributed by atoms with van der Waals surface area (Å²) in [6, 6.07) is 3.82. The SMILES string of the molecule is COc1ccc(S(=O)(=O)N2CCCCCC2)c([N+](=O)[O-])c1. The Labute approximate surface area is 123 Å². The van der Waals surface area contributed by atoms with Gasteiger partial charge in [0.25, 0.3) is 5.69 Å². The van der Waals surface area contributed by atoms with Crippen LogP contribution < -0.4 is 4.74 Å². The number of ether oxygens (including phenoxy) is 1. The average molecular weight is 314 g/mol. The minimum atomic E-state index is -3.85. The molecule has 1 fully saturated rings. The van der Waals surface area contributed by atoms with Gasteiger partial charge >= 0.3 is 0 Å². The molecule has 0 bridgehead atoms. The molecule has 116 valence electrons. The fourth-order valence-corrected chi connectivity index (χ4v) is 4.06. The van der Waals surface area contributed by atoms with Gasteiger partial charge in [-0.15, -0.1) is 0 Å². The topological polar surface area (TPSA) is 89.8 Å². The number of nitro groups is 1. The van der Waals surface area contributed by atoms with E-state index in [1.54, 1.807) is 0 Å². The molecule has 0 radical (unpaired) electrons. The van der Waals surface area contributed by atoms with Crippen molar-refractivity contribution in [3.63, 3.8) is 0 Å². The Morgan fingerprint density at radius 3 is 2.33 bits per heavy atom. The van der Waals surface area contributed by atoms with Crippen molar-refractivity contribution in [2.24, 2.45) is 0 Å². The van der Waals surface area contributed by atoms with Crippen molar-refractivity contribution in [3.05, 3.63) is 28.3 Å². The van der Waals surface area contributed by atoms with Crippen LogP contribution in [-0.4, -0.2) is 37.8 Å². The minimum absolute atomic E-state index is 0.261. The molecule has 0 atom stereocenters. The van der Waals surface area contributed by atoms with Crippen LogP contribution in [0, 0.1) is 10.1 Å². The lowest BCUT2D eigenvalue weighted by Crippen LogP contribution is -2.32. The normalized spacial score (nSPS) is 17.2. The largest absolute Gasteiger partial charge is 0.497 e. The molecule has 1 aliphatic rings. The molecule has 0 saturated carbocycles. The fourth-order valence-electron chi connectivity index (χ4n) is 2.41. The summed E-state index contributed by atoms with van der Waals surface area (Å²) in [4.78, 5) is 10.2. The summed E-state index contributed by atoms with van der Waals surface area (Å²) in [6.07, 6.45) is 3.53. The predicted octanol–water partition coefficient (Wildman–Crippen LogP) is 2.17. The molecule has 1 heterocycles. The number of hydrogen-bond donors (Lipinski definition) is 0. The van der Waals surface area contributed by atoms with Gasteiger partial charge in [-0.2, -0.15) is 4.31 Å². The predicted molar refractivity (Wildman–Crippen MR) is 76.9 cm³/mol. The van der Waals surface area contributed by atoms with Crippen molar-refractivity contribution in [2.75, 3.05) is 20.2 Å². The number of nitro benzene ring substituents is 1. The minimum Gasteiger partial charge on any atom is -0.497 e. The molecule has 1 aliphatic heterocycles. The van der Waals surface area contributed by atoms with Crippen LogP contribution in [-0.2, 0) is 10.0 Å². The first-order valence-electron chi connectivity index (χ1n) is 6.79. The molecule has 7 nitrogen and oxygen atoms in total. The molecule has 0 spiro atoms. The standard InChI is InChI=1S/C13H18N2O5S/c1-20-11-6-7-13(12(10-11)15(16)17)21(18,19)14-8-4-2-3-5-9-14/h6-7,10H,2-5,8-9H2,1H3. The smallest absolute Gasteiger partial charge is 0.293 e. The number of hydrogen-bond acceptors (Lipinski definition) is 5. The zero-order chi connectivity index (χ0) is 15.5. The summed E-state index contributed by atoms with van der Waals surface area (Å²) in [7, 11) is -2.47.